The van der Waals surface area contributed by atoms with Crippen LogP contribution in [0.4, 0.5) is 4.79 Å². The Morgan fingerprint density at radius 3 is 2.52 bits per heavy atom. The number of amides is 1. The Bertz CT molecular complexity index is 715. The summed E-state index contributed by atoms with van der Waals surface area (Å²) in [7, 11) is -3.47. The van der Waals surface area contributed by atoms with Gasteiger partial charge in [0.1, 0.15) is 0 Å². The van der Waals surface area contributed by atoms with Gasteiger partial charge in [-0.3, -0.25) is 0 Å². The minimum absolute atomic E-state index is 0.285. The van der Waals surface area contributed by atoms with Crippen molar-refractivity contribution in [2.45, 2.75) is 50.8 Å². The van der Waals surface area contributed by atoms with E-state index in [2.05, 4.69) is 19.2 Å². The van der Waals surface area contributed by atoms with Crippen LogP contribution in [0.1, 0.15) is 45.1 Å². The van der Waals surface area contributed by atoms with Gasteiger partial charge in [0.2, 0.25) is 10.0 Å². The van der Waals surface area contributed by atoms with Crippen molar-refractivity contribution in [2.24, 2.45) is 5.92 Å². The number of carbonyl (C=O) groups excluding carboxylic acids is 1. The van der Waals surface area contributed by atoms with E-state index >= 15 is 0 Å². The highest BCUT2D eigenvalue weighted by Crippen LogP contribution is 2.18. The third-order valence-corrected chi connectivity index (χ3v) is 7.12. The summed E-state index contributed by atoms with van der Waals surface area (Å²) in [5, 5.41) is 2.76. The van der Waals surface area contributed by atoms with Crippen LogP contribution < -0.4 is 5.32 Å². The first-order valence-electron chi connectivity index (χ1n) is 10.5. The second kappa shape index (κ2) is 12.1. The zero-order valence-electron chi connectivity index (χ0n) is 17.6. The van der Waals surface area contributed by atoms with Crippen molar-refractivity contribution in [1.29, 1.82) is 0 Å². The summed E-state index contributed by atoms with van der Waals surface area (Å²) >= 11 is 0. The van der Waals surface area contributed by atoms with Crippen LogP contribution in [0.2, 0.25) is 0 Å². The molecule has 0 saturated carbocycles. The molecule has 1 saturated heterocycles. The molecular formula is C21H34N2O5S. The number of nitrogens with one attached hydrogen (secondary N) is 1. The summed E-state index contributed by atoms with van der Waals surface area (Å²) in [6.07, 6.45) is 4.61. The first-order valence-corrected chi connectivity index (χ1v) is 12.0. The number of sulfonamides is 1. The third-order valence-electron chi connectivity index (χ3n) is 5.21. The van der Waals surface area contributed by atoms with Crippen LogP contribution in [-0.4, -0.2) is 58.3 Å². The van der Waals surface area contributed by atoms with E-state index in [0.29, 0.717) is 51.8 Å². The number of benzene rings is 1. The molecule has 1 unspecified atom stereocenters. The molecule has 8 heteroatoms. The summed E-state index contributed by atoms with van der Waals surface area (Å²) < 4.78 is 37.2. The summed E-state index contributed by atoms with van der Waals surface area (Å²) in [5.74, 6) is 0.418. The van der Waals surface area contributed by atoms with Crippen molar-refractivity contribution in [1.82, 2.24) is 9.62 Å². The molecule has 2 rings (SSSR count). The lowest BCUT2D eigenvalue weighted by molar-refractivity contribution is 0.0730. The smallest absolute Gasteiger partial charge is 0.407 e. The van der Waals surface area contributed by atoms with Crippen molar-refractivity contribution < 1.29 is 22.7 Å². The van der Waals surface area contributed by atoms with Crippen LogP contribution in [0.3, 0.4) is 0 Å². The van der Waals surface area contributed by atoms with Gasteiger partial charge in [0, 0.05) is 19.6 Å². The summed E-state index contributed by atoms with van der Waals surface area (Å²) in [6.45, 7) is 6.79. The van der Waals surface area contributed by atoms with E-state index in [9.17, 15) is 13.2 Å². The van der Waals surface area contributed by atoms with Crippen LogP contribution in [0, 0.1) is 5.92 Å². The van der Waals surface area contributed by atoms with Gasteiger partial charge in [-0.05, 0) is 36.5 Å². The maximum Gasteiger partial charge on any atom is 0.407 e. The number of rotatable bonds is 11. The molecule has 0 aliphatic carbocycles. The highest BCUT2D eigenvalue weighted by molar-refractivity contribution is 7.89. The van der Waals surface area contributed by atoms with Crippen molar-refractivity contribution in [3.63, 3.8) is 0 Å². The Balaban J connectivity index is 1.75. The molecule has 1 aliphatic heterocycles. The van der Waals surface area contributed by atoms with Crippen LogP contribution in [0.25, 0.3) is 0 Å². The van der Waals surface area contributed by atoms with Gasteiger partial charge in [0.15, 0.2) is 0 Å². The van der Waals surface area contributed by atoms with Crippen LogP contribution >= 0.6 is 0 Å². The second-order valence-electron chi connectivity index (χ2n) is 7.35. The highest BCUT2D eigenvalue weighted by Gasteiger charge is 2.26. The van der Waals surface area contributed by atoms with Gasteiger partial charge in [-0.25, -0.2) is 13.2 Å². The van der Waals surface area contributed by atoms with Gasteiger partial charge in [-0.1, -0.05) is 45.2 Å². The number of morpholine rings is 1. The number of hydrogen-bond acceptors (Lipinski definition) is 5. The molecule has 7 nitrogen and oxygen atoms in total. The van der Waals surface area contributed by atoms with Gasteiger partial charge in [-0.2, -0.15) is 4.31 Å². The van der Waals surface area contributed by atoms with E-state index in [1.807, 2.05) is 0 Å². The molecular weight excluding hydrogens is 392 g/mol. The quantitative estimate of drug-likeness (QED) is 0.587. The van der Waals surface area contributed by atoms with Crippen LogP contribution in [-0.2, 0) is 25.9 Å². The lowest BCUT2D eigenvalue weighted by atomic mass is 10.0. The predicted molar refractivity (Wildman–Crippen MR) is 112 cm³/mol. The molecule has 1 amide bonds. The Kier molecular flexibility index (Phi) is 9.90. The summed E-state index contributed by atoms with van der Waals surface area (Å²) in [5.41, 5.74) is 0.959. The van der Waals surface area contributed by atoms with E-state index in [1.165, 1.54) is 4.31 Å². The standard InChI is InChI=1S/C21H34N2O5S/c1-3-5-6-18(4-2)17-28-21(24)22-12-11-19-7-9-20(10-8-19)29(25,26)23-13-15-27-16-14-23/h7-10,18H,3-6,11-17H2,1-2H3,(H,22,24). The molecule has 1 N–H and O–H groups in total. The highest BCUT2D eigenvalue weighted by atomic mass is 32.2. The zero-order valence-corrected chi connectivity index (χ0v) is 18.4. The first kappa shape index (κ1) is 23.6. The van der Waals surface area contributed by atoms with Crippen LogP contribution in [0.5, 0.6) is 0 Å². The van der Waals surface area contributed by atoms with Gasteiger partial charge in [-0.15, -0.1) is 0 Å². The first-order chi connectivity index (χ1) is 14.0. The van der Waals surface area contributed by atoms with Crippen LogP contribution in [0.15, 0.2) is 29.2 Å². The molecule has 1 aromatic rings. The SMILES string of the molecule is CCCCC(CC)COC(=O)NCCc1ccc(S(=O)(=O)N2CCOCC2)cc1. The minimum atomic E-state index is -3.47. The summed E-state index contributed by atoms with van der Waals surface area (Å²) in [4.78, 5) is 12.1. The molecule has 1 aliphatic rings. The normalized spacial score (nSPS) is 16.3. The maximum atomic E-state index is 12.6. The molecule has 0 spiro atoms. The molecule has 1 atom stereocenters. The number of unbranched alkanes of at least 4 members (excludes halogenated alkanes) is 1. The Labute approximate surface area is 174 Å². The molecule has 0 aromatic heterocycles. The molecule has 1 aromatic carbocycles. The topological polar surface area (TPSA) is 84.9 Å². The molecule has 164 valence electrons. The van der Waals surface area contributed by atoms with E-state index in [0.717, 1.165) is 31.2 Å². The monoisotopic (exact) mass is 426 g/mol. The lowest BCUT2D eigenvalue weighted by Crippen LogP contribution is -2.40. The second-order valence-corrected chi connectivity index (χ2v) is 9.29. The lowest BCUT2D eigenvalue weighted by Gasteiger charge is -2.26. The fraction of sp³-hybridized carbons (Fsp3) is 0.667. The molecule has 1 heterocycles. The number of alkyl carbamates (subject to hydrolysis) is 1. The average Bonchev–Trinajstić information content (AvgIpc) is 2.75. The fourth-order valence-electron chi connectivity index (χ4n) is 3.22. The Morgan fingerprint density at radius 2 is 1.90 bits per heavy atom. The van der Waals surface area contributed by atoms with Crippen molar-refractivity contribution >= 4 is 16.1 Å². The van der Waals surface area contributed by atoms with Gasteiger partial charge in [0.25, 0.3) is 0 Å². The molecule has 0 radical (unpaired) electrons. The fourth-order valence-corrected chi connectivity index (χ4v) is 4.62. The van der Waals surface area contributed by atoms with E-state index < -0.39 is 16.1 Å². The number of carbonyl (C=O) groups is 1. The van der Waals surface area contributed by atoms with E-state index in [1.54, 1.807) is 24.3 Å². The predicted octanol–water partition coefficient (Wildman–Crippen LogP) is 3.19. The third kappa shape index (κ3) is 7.60. The minimum Gasteiger partial charge on any atom is -0.449 e. The van der Waals surface area contributed by atoms with Crippen molar-refractivity contribution in [2.75, 3.05) is 39.5 Å². The average molecular weight is 427 g/mol. The van der Waals surface area contributed by atoms with Crippen molar-refractivity contribution in [3.05, 3.63) is 29.8 Å². The number of ether oxygens (including phenoxy) is 2. The van der Waals surface area contributed by atoms with Gasteiger partial charge in [0.05, 0.1) is 24.7 Å². The van der Waals surface area contributed by atoms with Gasteiger partial charge >= 0.3 is 6.09 Å². The van der Waals surface area contributed by atoms with Gasteiger partial charge < -0.3 is 14.8 Å². The Hall–Kier alpha value is -1.64. The number of nitrogens with zero attached hydrogens (tertiary/aromatic N) is 1. The van der Waals surface area contributed by atoms with E-state index in [-0.39, 0.29) is 4.90 Å². The molecule has 29 heavy (non-hydrogen) atoms. The van der Waals surface area contributed by atoms with Crippen molar-refractivity contribution in [3.8, 4) is 0 Å². The molecule has 1 fully saturated rings. The largest absolute Gasteiger partial charge is 0.449 e. The summed E-state index contributed by atoms with van der Waals surface area (Å²) in [6, 6.07) is 6.83. The molecule has 0 bridgehead atoms. The number of hydrogen-bond donors (Lipinski definition) is 1. The Morgan fingerprint density at radius 1 is 1.21 bits per heavy atom. The zero-order chi connectivity index (χ0) is 21.1. The van der Waals surface area contributed by atoms with E-state index in [4.69, 9.17) is 9.47 Å². The maximum absolute atomic E-state index is 12.6.